The van der Waals surface area contributed by atoms with E-state index in [9.17, 15) is 4.79 Å². The first-order valence-corrected chi connectivity index (χ1v) is 8.07. The predicted molar refractivity (Wildman–Crippen MR) is 97.5 cm³/mol. The van der Waals surface area contributed by atoms with Gasteiger partial charge in [-0.1, -0.05) is 31.5 Å². The molecule has 4 heteroatoms. The fourth-order valence-electron chi connectivity index (χ4n) is 2.07. The van der Waals surface area contributed by atoms with Crippen LogP contribution < -0.4 is 14.8 Å². The number of rotatable bonds is 8. The van der Waals surface area contributed by atoms with Gasteiger partial charge in [0.15, 0.2) is 0 Å². The van der Waals surface area contributed by atoms with Crippen molar-refractivity contribution >= 4 is 17.7 Å². The van der Waals surface area contributed by atoms with Gasteiger partial charge in [-0.05, 0) is 42.3 Å². The summed E-state index contributed by atoms with van der Waals surface area (Å²) in [7, 11) is 1.59. The summed E-state index contributed by atoms with van der Waals surface area (Å²) in [6.45, 7) is 2.86. The van der Waals surface area contributed by atoms with Gasteiger partial charge in [-0.2, -0.15) is 0 Å². The van der Waals surface area contributed by atoms with Crippen molar-refractivity contribution in [3.8, 4) is 11.5 Å². The van der Waals surface area contributed by atoms with Crippen LogP contribution in [0.1, 0.15) is 25.3 Å². The van der Waals surface area contributed by atoms with Crippen molar-refractivity contribution < 1.29 is 14.3 Å². The number of anilines is 1. The molecule has 0 saturated carbocycles. The highest BCUT2D eigenvalue weighted by molar-refractivity contribution is 6.02. The van der Waals surface area contributed by atoms with Crippen LogP contribution in [-0.2, 0) is 4.79 Å². The molecule has 2 aromatic rings. The van der Waals surface area contributed by atoms with Crippen LogP contribution in [0.4, 0.5) is 5.69 Å². The van der Waals surface area contributed by atoms with Crippen molar-refractivity contribution in [3.63, 3.8) is 0 Å². The van der Waals surface area contributed by atoms with E-state index in [2.05, 4.69) is 12.2 Å². The molecule has 126 valence electrons. The lowest BCUT2D eigenvalue weighted by Gasteiger charge is -2.05. The molecule has 0 radical (unpaired) electrons. The number of methoxy groups -OCH3 is 1. The summed E-state index contributed by atoms with van der Waals surface area (Å²) in [6, 6.07) is 14.9. The lowest BCUT2D eigenvalue weighted by atomic mass is 10.2. The van der Waals surface area contributed by atoms with Crippen LogP contribution in [0.15, 0.2) is 54.6 Å². The number of hydrogen-bond acceptors (Lipinski definition) is 3. The third-order valence-electron chi connectivity index (χ3n) is 3.41. The van der Waals surface area contributed by atoms with Gasteiger partial charge in [0.1, 0.15) is 11.5 Å². The number of ether oxygens (including phenoxy) is 2. The number of amides is 1. The number of carbonyl (C=O) groups is 1. The Labute approximate surface area is 143 Å². The van der Waals surface area contributed by atoms with Crippen molar-refractivity contribution in [1.82, 2.24) is 0 Å². The first-order chi connectivity index (χ1) is 11.7. The highest BCUT2D eigenvalue weighted by atomic mass is 16.5. The molecule has 0 aliphatic rings. The average molecular weight is 325 g/mol. The van der Waals surface area contributed by atoms with E-state index in [0.29, 0.717) is 11.4 Å². The Balaban J connectivity index is 1.88. The van der Waals surface area contributed by atoms with Crippen molar-refractivity contribution in [2.45, 2.75) is 19.8 Å². The van der Waals surface area contributed by atoms with Gasteiger partial charge in [-0.3, -0.25) is 4.79 Å². The molecule has 0 aliphatic heterocycles. The van der Waals surface area contributed by atoms with E-state index in [0.717, 1.165) is 30.8 Å². The summed E-state index contributed by atoms with van der Waals surface area (Å²) in [4.78, 5) is 12.0. The number of unbranched alkanes of at least 4 members (excludes halogenated alkanes) is 1. The minimum atomic E-state index is -0.188. The van der Waals surface area contributed by atoms with E-state index in [1.54, 1.807) is 19.3 Å². The topological polar surface area (TPSA) is 47.6 Å². The lowest BCUT2D eigenvalue weighted by Crippen LogP contribution is -2.07. The normalized spacial score (nSPS) is 10.6. The Morgan fingerprint density at radius 1 is 1.12 bits per heavy atom. The van der Waals surface area contributed by atoms with Crippen LogP contribution in [-0.4, -0.2) is 19.6 Å². The number of hydrogen-bond donors (Lipinski definition) is 1. The average Bonchev–Trinajstić information content (AvgIpc) is 2.61. The lowest BCUT2D eigenvalue weighted by molar-refractivity contribution is -0.111. The maximum absolute atomic E-state index is 12.0. The Bertz CT molecular complexity index is 678. The molecule has 0 aromatic heterocycles. The van der Waals surface area contributed by atoms with E-state index in [-0.39, 0.29) is 5.91 Å². The van der Waals surface area contributed by atoms with Crippen LogP contribution in [0.3, 0.4) is 0 Å². The van der Waals surface area contributed by atoms with Gasteiger partial charge in [0, 0.05) is 17.8 Å². The minimum Gasteiger partial charge on any atom is -0.497 e. The van der Waals surface area contributed by atoms with E-state index in [1.165, 1.54) is 6.08 Å². The summed E-state index contributed by atoms with van der Waals surface area (Å²) < 4.78 is 10.7. The monoisotopic (exact) mass is 325 g/mol. The van der Waals surface area contributed by atoms with E-state index < -0.39 is 0 Å². The molecule has 0 heterocycles. The fourth-order valence-corrected chi connectivity index (χ4v) is 2.07. The highest BCUT2D eigenvalue weighted by Gasteiger charge is 2.00. The Hall–Kier alpha value is -2.75. The molecule has 0 aliphatic carbocycles. The molecule has 2 aromatic carbocycles. The summed E-state index contributed by atoms with van der Waals surface area (Å²) in [5, 5.41) is 2.80. The molecule has 24 heavy (non-hydrogen) atoms. The van der Waals surface area contributed by atoms with Crippen molar-refractivity contribution in [2.75, 3.05) is 19.0 Å². The molecule has 2 rings (SSSR count). The van der Waals surface area contributed by atoms with Gasteiger partial charge in [0.25, 0.3) is 0 Å². The Morgan fingerprint density at radius 2 is 1.92 bits per heavy atom. The van der Waals surface area contributed by atoms with Crippen LogP contribution in [0.25, 0.3) is 6.08 Å². The smallest absolute Gasteiger partial charge is 0.248 e. The third-order valence-corrected chi connectivity index (χ3v) is 3.41. The molecule has 1 N–H and O–H groups in total. The van der Waals surface area contributed by atoms with Gasteiger partial charge in [-0.25, -0.2) is 0 Å². The minimum absolute atomic E-state index is 0.188. The summed E-state index contributed by atoms with van der Waals surface area (Å²) >= 11 is 0. The Morgan fingerprint density at radius 3 is 2.62 bits per heavy atom. The Kier molecular flexibility index (Phi) is 6.90. The zero-order valence-corrected chi connectivity index (χ0v) is 14.1. The van der Waals surface area contributed by atoms with Crippen molar-refractivity contribution in [1.29, 1.82) is 0 Å². The van der Waals surface area contributed by atoms with Crippen LogP contribution >= 0.6 is 0 Å². The second-order valence-electron chi connectivity index (χ2n) is 5.33. The van der Waals surface area contributed by atoms with Crippen LogP contribution in [0.5, 0.6) is 11.5 Å². The third kappa shape index (κ3) is 5.80. The van der Waals surface area contributed by atoms with Crippen molar-refractivity contribution in [3.05, 3.63) is 60.2 Å². The molecule has 0 saturated heterocycles. The van der Waals surface area contributed by atoms with Crippen molar-refractivity contribution in [2.24, 2.45) is 0 Å². The van der Waals surface area contributed by atoms with Gasteiger partial charge < -0.3 is 14.8 Å². The maximum atomic E-state index is 12.0. The molecule has 4 nitrogen and oxygen atoms in total. The first kappa shape index (κ1) is 17.6. The summed E-state index contributed by atoms with van der Waals surface area (Å²) in [5.41, 5.74) is 1.64. The second kappa shape index (κ2) is 9.40. The standard InChI is InChI=1S/C20H23NO3/c1-3-4-14-24-18-11-8-16(9-12-18)10-13-20(22)21-17-6-5-7-19(15-17)23-2/h5-13,15H,3-4,14H2,1-2H3,(H,21,22)/b13-10+. The van der Waals surface area contributed by atoms with Gasteiger partial charge in [0.05, 0.1) is 13.7 Å². The summed E-state index contributed by atoms with van der Waals surface area (Å²) in [6.07, 6.45) is 5.44. The molecule has 0 atom stereocenters. The van der Waals surface area contributed by atoms with E-state index >= 15 is 0 Å². The quantitative estimate of drug-likeness (QED) is 0.573. The fraction of sp³-hybridized carbons (Fsp3) is 0.250. The maximum Gasteiger partial charge on any atom is 0.248 e. The SMILES string of the molecule is CCCCOc1ccc(/C=C/C(=O)Nc2cccc(OC)c2)cc1. The molecule has 0 bridgehead atoms. The molecule has 1 amide bonds. The number of nitrogens with one attached hydrogen (secondary N) is 1. The molecular formula is C20H23NO3. The van der Waals surface area contributed by atoms with Gasteiger partial charge in [-0.15, -0.1) is 0 Å². The number of carbonyl (C=O) groups excluding carboxylic acids is 1. The second-order valence-corrected chi connectivity index (χ2v) is 5.33. The van der Waals surface area contributed by atoms with E-state index in [4.69, 9.17) is 9.47 Å². The largest absolute Gasteiger partial charge is 0.497 e. The molecule has 0 unspecified atom stereocenters. The highest BCUT2D eigenvalue weighted by Crippen LogP contribution is 2.17. The van der Waals surface area contributed by atoms with Gasteiger partial charge in [0.2, 0.25) is 5.91 Å². The predicted octanol–water partition coefficient (Wildman–Crippen LogP) is 4.53. The zero-order chi connectivity index (χ0) is 17.2. The van der Waals surface area contributed by atoms with Crippen LogP contribution in [0.2, 0.25) is 0 Å². The molecular weight excluding hydrogens is 302 g/mol. The van der Waals surface area contributed by atoms with Gasteiger partial charge >= 0.3 is 0 Å². The molecule has 0 fully saturated rings. The van der Waals surface area contributed by atoms with Crippen LogP contribution in [0, 0.1) is 0 Å². The molecule has 0 spiro atoms. The zero-order valence-electron chi connectivity index (χ0n) is 14.1. The number of benzene rings is 2. The summed E-state index contributed by atoms with van der Waals surface area (Å²) in [5.74, 6) is 1.36. The van der Waals surface area contributed by atoms with E-state index in [1.807, 2.05) is 42.5 Å². The first-order valence-electron chi connectivity index (χ1n) is 8.07.